The van der Waals surface area contributed by atoms with E-state index in [9.17, 15) is 9.18 Å². The van der Waals surface area contributed by atoms with Crippen LogP contribution in [0, 0.1) is 17.1 Å². The van der Waals surface area contributed by atoms with E-state index in [0.717, 1.165) is 0 Å². The van der Waals surface area contributed by atoms with Crippen LogP contribution in [0.1, 0.15) is 0 Å². The van der Waals surface area contributed by atoms with Gasteiger partial charge in [-0.2, -0.15) is 5.26 Å². The number of nitrogens with zero attached hydrogens (tertiary/aromatic N) is 1. The molecule has 0 aliphatic rings. The second-order valence-electron chi connectivity index (χ2n) is 2.33. The van der Waals surface area contributed by atoms with Gasteiger partial charge in [-0.25, -0.2) is 9.18 Å². The van der Waals surface area contributed by atoms with Crippen LogP contribution in [0.4, 0.5) is 9.18 Å². The van der Waals surface area contributed by atoms with Gasteiger partial charge in [-0.1, -0.05) is 12.1 Å². The SMILES string of the molecule is N#CCNC(=O)Oc1ccccc1F. The molecule has 0 unspecified atom stereocenters. The first kappa shape index (κ1) is 9.99. The summed E-state index contributed by atoms with van der Waals surface area (Å²) in [6.45, 7) is -0.173. The molecule has 1 aromatic carbocycles. The zero-order valence-electron chi connectivity index (χ0n) is 7.16. The second kappa shape index (κ2) is 4.82. The highest BCUT2D eigenvalue weighted by Crippen LogP contribution is 2.14. The Morgan fingerprint density at radius 2 is 2.29 bits per heavy atom. The van der Waals surface area contributed by atoms with Crippen LogP contribution in [-0.4, -0.2) is 12.6 Å². The van der Waals surface area contributed by atoms with Gasteiger partial charge in [0.05, 0.1) is 6.07 Å². The van der Waals surface area contributed by atoms with Gasteiger partial charge in [0.25, 0.3) is 0 Å². The molecule has 0 heterocycles. The van der Waals surface area contributed by atoms with E-state index in [-0.39, 0.29) is 12.3 Å². The number of hydrogen-bond donors (Lipinski definition) is 1. The molecular weight excluding hydrogens is 187 g/mol. The van der Waals surface area contributed by atoms with Crippen molar-refractivity contribution in [3.05, 3.63) is 30.1 Å². The largest absolute Gasteiger partial charge is 0.413 e. The summed E-state index contributed by atoms with van der Waals surface area (Å²) in [5.74, 6) is -0.789. The average molecular weight is 194 g/mol. The smallest absolute Gasteiger partial charge is 0.407 e. The molecule has 1 aromatic rings. The van der Waals surface area contributed by atoms with E-state index in [1.807, 2.05) is 0 Å². The molecule has 1 amide bonds. The maximum absolute atomic E-state index is 12.9. The van der Waals surface area contributed by atoms with Crippen molar-refractivity contribution < 1.29 is 13.9 Å². The Kier molecular flexibility index (Phi) is 3.44. The molecule has 0 bridgehead atoms. The number of nitriles is 1. The summed E-state index contributed by atoms with van der Waals surface area (Å²) in [5, 5.41) is 10.3. The maximum atomic E-state index is 12.9. The Bertz CT molecular complexity index is 373. The molecule has 0 atom stereocenters. The minimum absolute atomic E-state index is 0.164. The van der Waals surface area contributed by atoms with Crippen LogP contribution in [0.25, 0.3) is 0 Å². The van der Waals surface area contributed by atoms with E-state index in [2.05, 4.69) is 10.1 Å². The molecule has 0 aliphatic carbocycles. The maximum Gasteiger partial charge on any atom is 0.413 e. The number of hydrogen-bond acceptors (Lipinski definition) is 3. The lowest BCUT2D eigenvalue weighted by Gasteiger charge is -2.03. The summed E-state index contributed by atoms with van der Waals surface area (Å²) < 4.78 is 17.5. The van der Waals surface area contributed by atoms with Gasteiger partial charge in [0.2, 0.25) is 0 Å². The molecule has 1 N–H and O–H groups in total. The molecule has 14 heavy (non-hydrogen) atoms. The number of carbonyl (C=O) groups excluding carboxylic acids is 1. The highest BCUT2D eigenvalue weighted by Gasteiger charge is 2.06. The topological polar surface area (TPSA) is 62.1 Å². The fraction of sp³-hybridized carbons (Fsp3) is 0.111. The highest BCUT2D eigenvalue weighted by atomic mass is 19.1. The van der Waals surface area contributed by atoms with E-state index in [1.165, 1.54) is 24.3 Å². The highest BCUT2D eigenvalue weighted by molar-refractivity contribution is 5.70. The number of nitrogens with one attached hydrogen (secondary N) is 1. The average Bonchev–Trinajstić information content (AvgIpc) is 2.18. The third-order valence-electron chi connectivity index (χ3n) is 1.35. The monoisotopic (exact) mass is 194 g/mol. The summed E-state index contributed by atoms with van der Waals surface area (Å²) in [5.41, 5.74) is 0. The predicted octanol–water partition coefficient (Wildman–Crippen LogP) is 1.44. The number of halogens is 1. The molecule has 0 aromatic heterocycles. The van der Waals surface area contributed by atoms with E-state index in [4.69, 9.17) is 5.26 Å². The number of ether oxygens (including phenoxy) is 1. The minimum atomic E-state index is -0.850. The van der Waals surface area contributed by atoms with Crippen molar-refractivity contribution in [3.63, 3.8) is 0 Å². The first-order valence-electron chi connectivity index (χ1n) is 3.81. The molecular formula is C9H7FN2O2. The Morgan fingerprint density at radius 1 is 1.57 bits per heavy atom. The summed E-state index contributed by atoms with van der Waals surface area (Å²) in [4.78, 5) is 10.9. The van der Waals surface area contributed by atoms with E-state index in [0.29, 0.717) is 0 Å². The molecule has 0 radical (unpaired) electrons. The van der Waals surface area contributed by atoms with Crippen LogP contribution in [0.15, 0.2) is 24.3 Å². The van der Waals surface area contributed by atoms with Crippen LogP contribution >= 0.6 is 0 Å². The third-order valence-corrected chi connectivity index (χ3v) is 1.35. The van der Waals surface area contributed by atoms with Gasteiger partial charge in [0.1, 0.15) is 6.54 Å². The molecule has 0 spiro atoms. The summed E-state index contributed by atoms with van der Waals surface area (Å²) in [6, 6.07) is 7.21. The Morgan fingerprint density at radius 3 is 2.93 bits per heavy atom. The van der Waals surface area contributed by atoms with Crippen molar-refractivity contribution in [2.45, 2.75) is 0 Å². The number of amides is 1. The number of para-hydroxylation sites is 1. The Hall–Kier alpha value is -2.09. The van der Waals surface area contributed by atoms with Gasteiger partial charge in [0.15, 0.2) is 11.6 Å². The summed E-state index contributed by atoms with van der Waals surface area (Å²) in [7, 11) is 0. The molecule has 0 fully saturated rings. The molecule has 0 aliphatic heterocycles. The standard InChI is InChI=1S/C9H7FN2O2/c10-7-3-1-2-4-8(7)14-9(13)12-6-5-11/h1-4H,6H2,(H,12,13). The lowest BCUT2D eigenvalue weighted by Crippen LogP contribution is -2.27. The van der Waals surface area contributed by atoms with E-state index in [1.54, 1.807) is 6.07 Å². The van der Waals surface area contributed by atoms with Crippen molar-refractivity contribution >= 4 is 6.09 Å². The van der Waals surface area contributed by atoms with Crippen molar-refractivity contribution in [1.82, 2.24) is 5.32 Å². The lowest BCUT2D eigenvalue weighted by molar-refractivity contribution is 0.199. The molecule has 1 rings (SSSR count). The van der Waals surface area contributed by atoms with Crippen LogP contribution < -0.4 is 10.1 Å². The van der Waals surface area contributed by atoms with Crippen LogP contribution in [0.3, 0.4) is 0 Å². The van der Waals surface area contributed by atoms with Crippen molar-refractivity contribution in [3.8, 4) is 11.8 Å². The Labute approximate surface area is 79.9 Å². The summed E-state index contributed by atoms with van der Waals surface area (Å²) >= 11 is 0. The van der Waals surface area contributed by atoms with Gasteiger partial charge in [-0.15, -0.1) is 0 Å². The lowest BCUT2D eigenvalue weighted by atomic mass is 10.3. The minimum Gasteiger partial charge on any atom is -0.407 e. The van der Waals surface area contributed by atoms with Crippen molar-refractivity contribution in [2.24, 2.45) is 0 Å². The molecule has 4 nitrogen and oxygen atoms in total. The molecule has 0 saturated heterocycles. The third kappa shape index (κ3) is 2.75. The zero-order valence-corrected chi connectivity index (χ0v) is 7.16. The normalized spacial score (nSPS) is 8.86. The van der Waals surface area contributed by atoms with Gasteiger partial charge >= 0.3 is 6.09 Å². The van der Waals surface area contributed by atoms with Gasteiger partial charge < -0.3 is 10.1 Å². The first-order chi connectivity index (χ1) is 6.74. The van der Waals surface area contributed by atoms with Crippen molar-refractivity contribution in [2.75, 3.05) is 6.54 Å². The molecule has 0 saturated carbocycles. The summed E-state index contributed by atoms with van der Waals surface area (Å²) in [6.07, 6.45) is -0.850. The van der Waals surface area contributed by atoms with Gasteiger partial charge in [-0.3, -0.25) is 0 Å². The number of carbonyl (C=O) groups is 1. The zero-order chi connectivity index (χ0) is 10.4. The first-order valence-corrected chi connectivity index (χ1v) is 3.81. The quantitative estimate of drug-likeness (QED) is 0.724. The van der Waals surface area contributed by atoms with Gasteiger partial charge in [0, 0.05) is 0 Å². The van der Waals surface area contributed by atoms with E-state index < -0.39 is 11.9 Å². The van der Waals surface area contributed by atoms with Gasteiger partial charge in [-0.05, 0) is 12.1 Å². The number of benzene rings is 1. The molecule has 72 valence electrons. The van der Waals surface area contributed by atoms with Crippen LogP contribution in [0.5, 0.6) is 5.75 Å². The van der Waals surface area contributed by atoms with Crippen molar-refractivity contribution in [1.29, 1.82) is 5.26 Å². The van der Waals surface area contributed by atoms with Crippen LogP contribution in [0.2, 0.25) is 0 Å². The van der Waals surface area contributed by atoms with Crippen LogP contribution in [-0.2, 0) is 0 Å². The number of rotatable bonds is 2. The fourth-order valence-electron chi connectivity index (χ4n) is 0.775. The predicted molar refractivity (Wildman–Crippen MR) is 46.0 cm³/mol. The fourth-order valence-corrected chi connectivity index (χ4v) is 0.775. The van der Waals surface area contributed by atoms with E-state index >= 15 is 0 Å². The second-order valence-corrected chi connectivity index (χ2v) is 2.33. The molecule has 5 heteroatoms. The Balaban J connectivity index is 2.57.